The Kier molecular flexibility index (Phi) is 5.09. The van der Waals surface area contributed by atoms with Crippen molar-refractivity contribution >= 4 is 38.6 Å². The van der Waals surface area contributed by atoms with Crippen molar-refractivity contribution in [2.24, 2.45) is 0 Å². The van der Waals surface area contributed by atoms with E-state index in [1.807, 2.05) is 36.4 Å². The highest BCUT2D eigenvalue weighted by molar-refractivity contribution is 9.10. The molecule has 0 atom stereocenters. The van der Waals surface area contributed by atoms with Crippen LogP contribution in [-0.2, 0) is 5.75 Å². The quantitative estimate of drug-likeness (QED) is 0.306. The van der Waals surface area contributed by atoms with E-state index >= 15 is 0 Å². The number of nitrogens with zero attached hydrogens (tertiary/aromatic N) is 2. The van der Waals surface area contributed by atoms with Gasteiger partial charge < -0.3 is 0 Å². The molecule has 0 saturated carbocycles. The second-order valence-electron chi connectivity index (χ2n) is 5.95. The van der Waals surface area contributed by atoms with Gasteiger partial charge in [-0.1, -0.05) is 58.0 Å². The van der Waals surface area contributed by atoms with E-state index < -0.39 is 5.82 Å². The Morgan fingerprint density at radius 2 is 1.78 bits per heavy atom. The molecule has 0 fully saturated rings. The van der Waals surface area contributed by atoms with E-state index in [1.165, 1.54) is 28.5 Å². The van der Waals surface area contributed by atoms with Crippen LogP contribution in [0.15, 0.2) is 87.2 Å². The molecule has 1 aromatic heterocycles. The third kappa shape index (κ3) is 3.82. The molecule has 3 aromatic carbocycles. The van der Waals surface area contributed by atoms with Gasteiger partial charge in [0.15, 0.2) is 5.16 Å². The Balaban J connectivity index is 1.83. The van der Waals surface area contributed by atoms with Crippen molar-refractivity contribution in [3.63, 3.8) is 0 Å². The van der Waals surface area contributed by atoms with Crippen molar-refractivity contribution in [3.05, 3.63) is 99.0 Å². The van der Waals surface area contributed by atoms with Crippen molar-refractivity contribution in [3.8, 4) is 5.69 Å². The molecule has 0 aliphatic heterocycles. The average Bonchev–Trinajstić information content (AvgIpc) is 2.68. The standard InChI is InChI=1S/C21H14BrFN2OS/c22-15-10-8-14(9-11-15)13-27-21-24-19-7-2-1-6-18(19)20(26)25(21)17-5-3-4-16(23)12-17/h1-12H,13H2. The summed E-state index contributed by atoms with van der Waals surface area (Å²) in [5.74, 6) is 0.254. The van der Waals surface area contributed by atoms with E-state index in [1.54, 1.807) is 24.3 Å². The van der Waals surface area contributed by atoms with Crippen molar-refractivity contribution in [2.45, 2.75) is 10.9 Å². The lowest BCUT2D eigenvalue weighted by Gasteiger charge is -2.13. The van der Waals surface area contributed by atoms with E-state index in [-0.39, 0.29) is 5.56 Å². The molecular weight excluding hydrogens is 427 g/mol. The van der Waals surface area contributed by atoms with Gasteiger partial charge in [-0.15, -0.1) is 0 Å². The van der Waals surface area contributed by atoms with Crippen LogP contribution < -0.4 is 5.56 Å². The Labute approximate surface area is 168 Å². The van der Waals surface area contributed by atoms with E-state index in [2.05, 4.69) is 20.9 Å². The van der Waals surface area contributed by atoms with Crippen LogP contribution in [0, 0.1) is 5.82 Å². The minimum absolute atomic E-state index is 0.204. The molecule has 0 radical (unpaired) electrons. The largest absolute Gasteiger partial charge is 0.268 e. The molecule has 134 valence electrons. The first-order valence-corrected chi connectivity index (χ1v) is 10.0. The van der Waals surface area contributed by atoms with Gasteiger partial charge in [0.05, 0.1) is 16.6 Å². The zero-order valence-corrected chi connectivity index (χ0v) is 16.5. The summed E-state index contributed by atoms with van der Waals surface area (Å²) < 4.78 is 16.3. The molecule has 0 unspecified atom stereocenters. The van der Waals surface area contributed by atoms with Crippen molar-refractivity contribution in [1.82, 2.24) is 9.55 Å². The van der Waals surface area contributed by atoms with Gasteiger partial charge in [0.1, 0.15) is 5.82 Å². The highest BCUT2D eigenvalue weighted by Crippen LogP contribution is 2.25. The summed E-state index contributed by atoms with van der Waals surface area (Å²) in [4.78, 5) is 17.8. The van der Waals surface area contributed by atoms with Crippen LogP contribution in [0.4, 0.5) is 4.39 Å². The number of rotatable bonds is 4. The van der Waals surface area contributed by atoms with Crippen molar-refractivity contribution in [1.29, 1.82) is 0 Å². The second-order valence-corrected chi connectivity index (χ2v) is 7.81. The number of fused-ring (bicyclic) bond motifs is 1. The number of halogens is 2. The highest BCUT2D eigenvalue weighted by Gasteiger charge is 2.14. The van der Waals surface area contributed by atoms with Gasteiger partial charge in [-0.05, 0) is 48.0 Å². The molecule has 27 heavy (non-hydrogen) atoms. The zero-order chi connectivity index (χ0) is 18.8. The normalized spacial score (nSPS) is 11.0. The van der Waals surface area contributed by atoms with E-state index in [9.17, 15) is 9.18 Å². The third-order valence-electron chi connectivity index (χ3n) is 4.09. The minimum Gasteiger partial charge on any atom is -0.268 e. The maximum absolute atomic E-state index is 13.8. The molecule has 0 spiro atoms. The molecule has 0 aliphatic rings. The van der Waals surface area contributed by atoms with Gasteiger partial charge in [0.2, 0.25) is 0 Å². The smallest absolute Gasteiger partial charge is 0.266 e. The molecule has 0 aliphatic carbocycles. The van der Waals surface area contributed by atoms with Gasteiger partial charge in [0.25, 0.3) is 5.56 Å². The van der Waals surface area contributed by atoms with Gasteiger partial charge >= 0.3 is 0 Å². The van der Waals surface area contributed by atoms with E-state index in [0.717, 1.165) is 10.0 Å². The molecule has 4 aromatic rings. The summed E-state index contributed by atoms with van der Waals surface area (Å²) in [6, 6.07) is 21.2. The monoisotopic (exact) mass is 440 g/mol. The van der Waals surface area contributed by atoms with Crippen LogP contribution >= 0.6 is 27.7 Å². The second kappa shape index (κ2) is 7.66. The topological polar surface area (TPSA) is 34.9 Å². The number of para-hydroxylation sites is 1. The van der Waals surface area contributed by atoms with E-state index in [0.29, 0.717) is 27.5 Å². The lowest BCUT2D eigenvalue weighted by atomic mass is 10.2. The number of hydrogen-bond donors (Lipinski definition) is 0. The van der Waals surface area contributed by atoms with Crippen LogP contribution in [0.3, 0.4) is 0 Å². The molecule has 0 saturated heterocycles. The fourth-order valence-electron chi connectivity index (χ4n) is 2.78. The number of aromatic nitrogens is 2. The van der Waals surface area contributed by atoms with Crippen LogP contribution in [0.2, 0.25) is 0 Å². The summed E-state index contributed by atoms with van der Waals surface area (Å²) in [6.45, 7) is 0. The first-order valence-electron chi connectivity index (χ1n) is 8.27. The maximum atomic E-state index is 13.8. The van der Waals surface area contributed by atoms with Crippen molar-refractivity contribution in [2.75, 3.05) is 0 Å². The fourth-order valence-corrected chi connectivity index (χ4v) is 4.01. The summed E-state index contributed by atoms with van der Waals surface area (Å²) in [7, 11) is 0. The first-order chi connectivity index (χ1) is 13.1. The number of benzene rings is 3. The first kappa shape index (κ1) is 17.9. The maximum Gasteiger partial charge on any atom is 0.266 e. The predicted molar refractivity (Wildman–Crippen MR) is 111 cm³/mol. The molecule has 6 heteroatoms. The SMILES string of the molecule is O=c1c2ccccc2nc(SCc2ccc(Br)cc2)n1-c1cccc(F)c1. The summed E-state index contributed by atoms with van der Waals surface area (Å²) in [6.07, 6.45) is 0. The lowest BCUT2D eigenvalue weighted by Crippen LogP contribution is -2.21. The Morgan fingerprint density at radius 1 is 1.00 bits per heavy atom. The van der Waals surface area contributed by atoms with Crippen LogP contribution in [-0.4, -0.2) is 9.55 Å². The summed E-state index contributed by atoms with van der Waals surface area (Å²) in [5.41, 5.74) is 2.01. The molecule has 4 rings (SSSR count). The van der Waals surface area contributed by atoms with Gasteiger partial charge in [0, 0.05) is 10.2 Å². The van der Waals surface area contributed by atoms with Crippen LogP contribution in [0.25, 0.3) is 16.6 Å². The molecule has 0 N–H and O–H groups in total. The summed E-state index contributed by atoms with van der Waals surface area (Å²) >= 11 is 4.88. The molecule has 0 amide bonds. The number of thioether (sulfide) groups is 1. The van der Waals surface area contributed by atoms with Crippen molar-refractivity contribution < 1.29 is 4.39 Å². The Morgan fingerprint density at radius 3 is 2.56 bits per heavy atom. The summed E-state index contributed by atoms with van der Waals surface area (Å²) in [5, 5.41) is 1.04. The molecule has 3 nitrogen and oxygen atoms in total. The highest BCUT2D eigenvalue weighted by atomic mass is 79.9. The average molecular weight is 441 g/mol. The van der Waals surface area contributed by atoms with Gasteiger partial charge in [-0.3, -0.25) is 9.36 Å². The van der Waals surface area contributed by atoms with Gasteiger partial charge in [-0.25, -0.2) is 9.37 Å². The minimum atomic E-state index is -0.392. The molecule has 1 heterocycles. The Hall–Kier alpha value is -2.44. The van der Waals surface area contributed by atoms with E-state index in [4.69, 9.17) is 0 Å². The van der Waals surface area contributed by atoms with Crippen LogP contribution in [0.5, 0.6) is 0 Å². The Bertz CT molecular complexity index is 1170. The van der Waals surface area contributed by atoms with Crippen LogP contribution in [0.1, 0.15) is 5.56 Å². The lowest BCUT2D eigenvalue weighted by molar-refractivity contribution is 0.625. The molecule has 0 bridgehead atoms. The predicted octanol–water partition coefficient (Wildman–Crippen LogP) is 5.58. The van der Waals surface area contributed by atoms with Gasteiger partial charge in [-0.2, -0.15) is 0 Å². The number of hydrogen-bond acceptors (Lipinski definition) is 3. The molecular formula is C21H14BrFN2OS. The third-order valence-corrected chi connectivity index (χ3v) is 5.63. The fraction of sp³-hybridized carbons (Fsp3) is 0.0476. The zero-order valence-electron chi connectivity index (χ0n) is 14.1.